The van der Waals surface area contributed by atoms with Gasteiger partial charge in [0.1, 0.15) is 0 Å². The van der Waals surface area contributed by atoms with Crippen molar-refractivity contribution in [2.24, 2.45) is 11.3 Å². The van der Waals surface area contributed by atoms with E-state index in [1.807, 2.05) is 0 Å². The fourth-order valence-corrected chi connectivity index (χ4v) is 2.88. The molecule has 2 rings (SSSR count). The molecule has 0 aromatic heterocycles. The Balaban J connectivity index is 2.23. The van der Waals surface area contributed by atoms with E-state index in [1.165, 1.54) is 24.3 Å². The number of aliphatic hydroxyl groups is 1. The van der Waals surface area contributed by atoms with Crippen molar-refractivity contribution in [3.05, 3.63) is 35.4 Å². The molecule has 1 saturated carbocycles. The molecule has 1 aromatic carbocycles. The smallest absolute Gasteiger partial charge is 0.263 e. The van der Waals surface area contributed by atoms with Gasteiger partial charge in [-0.15, -0.1) is 0 Å². The van der Waals surface area contributed by atoms with E-state index in [9.17, 15) is 19.1 Å². The third-order valence-corrected chi connectivity index (χ3v) is 4.05. The van der Waals surface area contributed by atoms with Gasteiger partial charge in [0.2, 0.25) is 0 Å². The van der Waals surface area contributed by atoms with Crippen LogP contribution in [0.25, 0.3) is 0 Å². The van der Waals surface area contributed by atoms with Crippen LogP contribution in [0.4, 0.5) is 8.78 Å². The van der Waals surface area contributed by atoms with Gasteiger partial charge in [0.05, 0.1) is 17.6 Å². The molecule has 0 saturated heterocycles. The van der Waals surface area contributed by atoms with Crippen LogP contribution in [0.2, 0.25) is 0 Å². The molecule has 3 unspecified atom stereocenters. The van der Waals surface area contributed by atoms with Crippen molar-refractivity contribution in [2.45, 2.75) is 38.7 Å². The summed E-state index contributed by atoms with van der Waals surface area (Å²) in [4.78, 5) is 0. The van der Waals surface area contributed by atoms with E-state index in [1.54, 1.807) is 0 Å². The molecule has 102 valence electrons. The SMILES string of the molecule is CC1CCC(C#N)(C(O)c2ccc(C(F)F)cc2)C1. The maximum Gasteiger partial charge on any atom is 0.263 e. The molecule has 1 aliphatic rings. The standard InChI is InChI=1S/C15H17F2NO/c1-10-6-7-15(8-10,9-18)13(19)11-2-4-12(5-3-11)14(16)17/h2-5,10,13-14,19H,6-8H2,1H3. The van der Waals surface area contributed by atoms with Crippen molar-refractivity contribution in [3.8, 4) is 6.07 Å². The maximum absolute atomic E-state index is 12.5. The van der Waals surface area contributed by atoms with Crippen LogP contribution in [-0.2, 0) is 0 Å². The highest BCUT2D eigenvalue weighted by molar-refractivity contribution is 5.28. The van der Waals surface area contributed by atoms with Crippen LogP contribution in [0.1, 0.15) is 49.8 Å². The topological polar surface area (TPSA) is 44.0 Å². The summed E-state index contributed by atoms with van der Waals surface area (Å²) in [7, 11) is 0. The first-order valence-electron chi connectivity index (χ1n) is 6.46. The van der Waals surface area contributed by atoms with Crippen LogP contribution in [0.5, 0.6) is 0 Å². The molecule has 0 bridgehead atoms. The lowest BCUT2D eigenvalue weighted by Gasteiger charge is -2.27. The number of hydrogen-bond acceptors (Lipinski definition) is 2. The summed E-state index contributed by atoms with van der Waals surface area (Å²) in [5, 5.41) is 19.8. The first-order valence-corrected chi connectivity index (χ1v) is 6.46. The van der Waals surface area contributed by atoms with Gasteiger partial charge >= 0.3 is 0 Å². The minimum Gasteiger partial charge on any atom is -0.387 e. The van der Waals surface area contributed by atoms with E-state index in [-0.39, 0.29) is 5.56 Å². The number of alkyl halides is 2. The fraction of sp³-hybridized carbons (Fsp3) is 0.533. The Morgan fingerprint density at radius 3 is 2.32 bits per heavy atom. The quantitative estimate of drug-likeness (QED) is 0.898. The van der Waals surface area contributed by atoms with Crippen molar-refractivity contribution in [2.75, 3.05) is 0 Å². The zero-order valence-corrected chi connectivity index (χ0v) is 10.8. The van der Waals surface area contributed by atoms with Gasteiger partial charge in [0.25, 0.3) is 6.43 Å². The lowest BCUT2D eigenvalue weighted by atomic mass is 9.78. The zero-order valence-electron chi connectivity index (χ0n) is 10.8. The Bertz CT molecular complexity index is 480. The number of nitriles is 1. The fourth-order valence-electron chi connectivity index (χ4n) is 2.88. The van der Waals surface area contributed by atoms with Gasteiger partial charge in [-0.3, -0.25) is 0 Å². The molecule has 1 N–H and O–H groups in total. The third-order valence-electron chi connectivity index (χ3n) is 4.05. The Labute approximate surface area is 111 Å². The summed E-state index contributed by atoms with van der Waals surface area (Å²) in [6, 6.07) is 7.86. The zero-order chi connectivity index (χ0) is 14.0. The summed E-state index contributed by atoms with van der Waals surface area (Å²) in [5.74, 6) is 0.412. The molecule has 2 nitrogen and oxygen atoms in total. The predicted molar refractivity (Wildman–Crippen MR) is 67.4 cm³/mol. The van der Waals surface area contributed by atoms with Crippen molar-refractivity contribution in [1.82, 2.24) is 0 Å². The van der Waals surface area contributed by atoms with Crippen LogP contribution in [0.15, 0.2) is 24.3 Å². The summed E-state index contributed by atoms with van der Waals surface area (Å²) in [6.07, 6.45) is -1.19. The van der Waals surface area contributed by atoms with Gasteiger partial charge in [-0.1, -0.05) is 31.2 Å². The molecule has 0 radical (unpaired) electrons. The van der Waals surface area contributed by atoms with Gasteiger partial charge in [-0.2, -0.15) is 5.26 Å². The molecule has 0 spiro atoms. The van der Waals surface area contributed by atoms with E-state index in [4.69, 9.17) is 0 Å². The van der Waals surface area contributed by atoms with E-state index < -0.39 is 17.9 Å². The Hall–Kier alpha value is -1.47. The molecule has 1 fully saturated rings. The Morgan fingerprint density at radius 1 is 1.32 bits per heavy atom. The molecule has 1 aromatic rings. The van der Waals surface area contributed by atoms with Crippen LogP contribution < -0.4 is 0 Å². The number of benzene rings is 1. The third kappa shape index (κ3) is 2.62. The number of hydrogen-bond donors (Lipinski definition) is 1. The average molecular weight is 265 g/mol. The molecule has 19 heavy (non-hydrogen) atoms. The van der Waals surface area contributed by atoms with Gasteiger partial charge in [0, 0.05) is 5.56 Å². The van der Waals surface area contributed by atoms with E-state index in [0.717, 1.165) is 6.42 Å². The number of halogens is 2. The summed E-state index contributed by atoms with van der Waals surface area (Å²) in [6.45, 7) is 2.06. The molecule has 3 atom stereocenters. The van der Waals surface area contributed by atoms with E-state index in [2.05, 4.69) is 13.0 Å². The molecule has 1 aliphatic carbocycles. The normalized spacial score (nSPS) is 28.3. The maximum atomic E-state index is 12.5. The van der Waals surface area contributed by atoms with E-state index in [0.29, 0.717) is 24.3 Å². The second-order valence-corrected chi connectivity index (χ2v) is 5.49. The highest BCUT2D eigenvalue weighted by Gasteiger charge is 2.44. The minimum absolute atomic E-state index is 0.0678. The highest BCUT2D eigenvalue weighted by Crippen LogP contribution is 2.49. The average Bonchev–Trinajstić information content (AvgIpc) is 2.81. The lowest BCUT2D eigenvalue weighted by molar-refractivity contribution is 0.0646. The van der Waals surface area contributed by atoms with Crippen molar-refractivity contribution in [1.29, 1.82) is 5.26 Å². The first kappa shape index (κ1) is 14.0. The summed E-state index contributed by atoms with van der Waals surface area (Å²) < 4.78 is 25.0. The molecule has 4 heteroatoms. The highest BCUT2D eigenvalue weighted by atomic mass is 19.3. The summed E-state index contributed by atoms with van der Waals surface area (Å²) >= 11 is 0. The monoisotopic (exact) mass is 265 g/mol. The molecule has 0 amide bonds. The lowest BCUT2D eigenvalue weighted by Crippen LogP contribution is -2.24. The van der Waals surface area contributed by atoms with E-state index >= 15 is 0 Å². The van der Waals surface area contributed by atoms with Gasteiger partial charge in [-0.05, 0) is 30.7 Å². The molecule has 0 aliphatic heterocycles. The largest absolute Gasteiger partial charge is 0.387 e. The van der Waals surface area contributed by atoms with Crippen molar-refractivity contribution < 1.29 is 13.9 Å². The van der Waals surface area contributed by atoms with Gasteiger partial charge in [-0.25, -0.2) is 8.78 Å². The van der Waals surface area contributed by atoms with Crippen molar-refractivity contribution in [3.63, 3.8) is 0 Å². The first-order chi connectivity index (χ1) is 8.98. The number of aliphatic hydroxyl groups excluding tert-OH is 1. The minimum atomic E-state index is -2.51. The number of nitrogens with zero attached hydrogens (tertiary/aromatic N) is 1. The number of rotatable bonds is 3. The molecule has 0 heterocycles. The predicted octanol–water partition coefficient (Wildman–Crippen LogP) is 3.99. The van der Waals surface area contributed by atoms with Crippen LogP contribution in [0.3, 0.4) is 0 Å². The van der Waals surface area contributed by atoms with Crippen LogP contribution in [-0.4, -0.2) is 5.11 Å². The Morgan fingerprint density at radius 2 is 1.89 bits per heavy atom. The Kier molecular flexibility index (Phi) is 3.86. The van der Waals surface area contributed by atoms with Crippen LogP contribution >= 0.6 is 0 Å². The summed E-state index contributed by atoms with van der Waals surface area (Å²) in [5.41, 5.74) is -0.298. The van der Waals surface area contributed by atoms with Crippen molar-refractivity contribution >= 4 is 0 Å². The second-order valence-electron chi connectivity index (χ2n) is 5.49. The van der Waals surface area contributed by atoms with Gasteiger partial charge < -0.3 is 5.11 Å². The second kappa shape index (κ2) is 5.26. The molecular weight excluding hydrogens is 248 g/mol. The molecular formula is C15H17F2NO. The van der Waals surface area contributed by atoms with Crippen LogP contribution in [0, 0.1) is 22.7 Å². The van der Waals surface area contributed by atoms with Gasteiger partial charge in [0.15, 0.2) is 0 Å².